The summed E-state index contributed by atoms with van der Waals surface area (Å²) in [5.41, 5.74) is 4.95. The van der Waals surface area contributed by atoms with E-state index in [1.165, 1.54) is 25.9 Å². The van der Waals surface area contributed by atoms with Crippen molar-refractivity contribution in [1.82, 2.24) is 29.9 Å². The highest BCUT2D eigenvalue weighted by Gasteiger charge is 2.09. The van der Waals surface area contributed by atoms with Gasteiger partial charge in [-0.1, -0.05) is 152 Å². The van der Waals surface area contributed by atoms with Crippen LogP contribution in [-0.4, -0.2) is 80.0 Å². The monoisotopic (exact) mass is 1100 g/mol. The Bertz CT molecular complexity index is 2270. The van der Waals surface area contributed by atoms with Gasteiger partial charge in [-0.25, -0.2) is 29.9 Å². The van der Waals surface area contributed by atoms with Gasteiger partial charge in [-0.05, 0) is 109 Å². The van der Waals surface area contributed by atoms with Crippen LogP contribution in [0.1, 0.15) is 96.9 Å². The quantitative estimate of drug-likeness (QED) is 0.107. The third kappa shape index (κ3) is 24.3. The second kappa shape index (κ2) is 47.2. The molecule has 0 radical (unpaired) electrons. The maximum atomic E-state index is 4.69. The summed E-state index contributed by atoms with van der Waals surface area (Å²) in [6.45, 7) is 28.0. The van der Waals surface area contributed by atoms with Crippen LogP contribution in [0, 0.1) is 0 Å². The summed E-state index contributed by atoms with van der Waals surface area (Å²) in [5, 5.41) is 9.91. The second-order valence-corrected chi connectivity index (χ2v) is 17.7. The SMILES string of the molecule is CC.CC.CC.CC.CC.CC.CC.CSc1cc2ccccc2nc1SC.CSc1cccnc1SC.CSc1nc2cc3ccccc3cc2nc1SC.CSc1nc2ccccc2nc1SC. The maximum absolute atomic E-state index is 4.69. The molecule has 0 unspecified atom stereocenters. The average Bonchev–Trinajstić information content (AvgIpc) is 3.47. The molecule has 8 rings (SSSR count). The number of fused-ring (bicyclic) bond motifs is 4. The Morgan fingerprint density at radius 3 is 0.914 bits per heavy atom. The van der Waals surface area contributed by atoms with E-state index < -0.39 is 0 Å². The van der Waals surface area contributed by atoms with Gasteiger partial charge in [0.15, 0.2) is 0 Å². The lowest BCUT2D eigenvalue weighted by Crippen LogP contribution is -1.91. The predicted octanol–water partition coefficient (Wildman–Crippen LogP) is 20.7. The third-order valence-corrected chi connectivity index (χ3v) is 14.1. The molecule has 8 aromatic rings. The lowest BCUT2D eigenvalue weighted by molar-refractivity contribution is 0.974. The van der Waals surface area contributed by atoms with Crippen LogP contribution in [0.5, 0.6) is 0 Å². The molecule has 0 amide bonds. The van der Waals surface area contributed by atoms with Crippen molar-refractivity contribution in [1.29, 1.82) is 0 Å². The van der Waals surface area contributed by atoms with Crippen molar-refractivity contribution in [2.24, 2.45) is 0 Å². The number of pyridine rings is 2. The number of hydrogen-bond donors (Lipinski definition) is 0. The molecule has 6 nitrogen and oxygen atoms in total. The topological polar surface area (TPSA) is 77.3 Å². The number of rotatable bonds is 8. The van der Waals surface area contributed by atoms with E-state index in [1.807, 2.05) is 189 Å². The summed E-state index contributed by atoms with van der Waals surface area (Å²) in [4.78, 5) is 29.8. The van der Waals surface area contributed by atoms with Gasteiger partial charge in [0, 0.05) is 21.4 Å². The number of para-hydroxylation sites is 3. The molecule has 0 saturated carbocycles. The summed E-state index contributed by atoms with van der Waals surface area (Å²) in [7, 11) is 0. The summed E-state index contributed by atoms with van der Waals surface area (Å²) in [5.74, 6) is 0. The molecule has 0 N–H and O–H groups in total. The normalized spacial score (nSPS) is 9.17. The molecular formula is C56H84N6S8. The van der Waals surface area contributed by atoms with Gasteiger partial charge in [0.2, 0.25) is 0 Å². The molecule has 4 aromatic heterocycles. The van der Waals surface area contributed by atoms with Crippen LogP contribution >= 0.6 is 94.1 Å². The Morgan fingerprint density at radius 1 is 0.257 bits per heavy atom. The van der Waals surface area contributed by atoms with Crippen molar-refractivity contribution < 1.29 is 0 Å². The Balaban J connectivity index is -0.000000797. The zero-order valence-electron chi connectivity index (χ0n) is 46.3. The number of thioether (sulfide) groups is 8. The van der Waals surface area contributed by atoms with Crippen LogP contribution in [0.4, 0.5) is 0 Å². The van der Waals surface area contributed by atoms with Crippen LogP contribution in [0.2, 0.25) is 0 Å². The van der Waals surface area contributed by atoms with Crippen LogP contribution in [0.15, 0.2) is 149 Å². The number of benzene rings is 4. The highest BCUT2D eigenvalue weighted by atomic mass is 32.2. The highest BCUT2D eigenvalue weighted by molar-refractivity contribution is 8.02. The largest absolute Gasteiger partial charge is 0.249 e. The first kappa shape index (κ1) is 71.4. The molecule has 0 atom stereocenters. The minimum atomic E-state index is 0.967. The van der Waals surface area contributed by atoms with Gasteiger partial charge in [-0.3, -0.25) is 0 Å². The van der Waals surface area contributed by atoms with Gasteiger partial charge in [-0.15, -0.1) is 94.1 Å². The van der Waals surface area contributed by atoms with E-state index in [4.69, 9.17) is 9.97 Å². The molecule has 0 aliphatic rings. The summed E-state index contributed by atoms with van der Waals surface area (Å²) in [6.07, 6.45) is 18.2. The molecule has 0 saturated heterocycles. The summed E-state index contributed by atoms with van der Waals surface area (Å²) < 4.78 is 0. The molecule has 386 valence electrons. The Labute approximate surface area is 460 Å². The number of hydrogen-bond acceptors (Lipinski definition) is 14. The molecule has 0 aliphatic carbocycles. The van der Waals surface area contributed by atoms with Crippen molar-refractivity contribution in [2.45, 2.75) is 137 Å². The molecule has 0 bridgehead atoms. The zero-order chi connectivity index (χ0) is 53.9. The maximum Gasteiger partial charge on any atom is 0.129 e. The fourth-order valence-corrected chi connectivity index (χ4v) is 10.7. The fourth-order valence-electron chi connectivity index (χ4n) is 5.27. The van der Waals surface area contributed by atoms with Gasteiger partial charge < -0.3 is 0 Å². The van der Waals surface area contributed by atoms with Crippen LogP contribution < -0.4 is 0 Å². The van der Waals surface area contributed by atoms with Crippen LogP contribution in [0.3, 0.4) is 0 Å². The lowest BCUT2D eigenvalue weighted by atomic mass is 10.1. The molecule has 70 heavy (non-hydrogen) atoms. The van der Waals surface area contributed by atoms with Crippen molar-refractivity contribution in [3.05, 3.63) is 109 Å². The smallest absolute Gasteiger partial charge is 0.129 e. The minimum absolute atomic E-state index is 0.967. The molecule has 14 heteroatoms. The first-order valence-electron chi connectivity index (χ1n) is 24.0. The van der Waals surface area contributed by atoms with E-state index in [1.54, 1.807) is 94.1 Å². The van der Waals surface area contributed by atoms with Gasteiger partial charge in [0.25, 0.3) is 0 Å². The first-order chi connectivity index (χ1) is 34.4. The van der Waals surface area contributed by atoms with Crippen molar-refractivity contribution in [3.63, 3.8) is 0 Å². The minimum Gasteiger partial charge on any atom is -0.249 e. The molecule has 4 aromatic carbocycles. The molecule has 0 aliphatic heterocycles. The molecule has 4 heterocycles. The third-order valence-electron chi connectivity index (χ3n) is 7.97. The van der Waals surface area contributed by atoms with E-state index in [2.05, 4.69) is 87.2 Å². The van der Waals surface area contributed by atoms with E-state index in [9.17, 15) is 0 Å². The van der Waals surface area contributed by atoms with Crippen LogP contribution in [0.25, 0.3) is 43.7 Å². The van der Waals surface area contributed by atoms with Gasteiger partial charge in [0.05, 0.1) is 27.6 Å². The van der Waals surface area contributed by atoms with E-state index in [0.29, 0.717) is 0 Å². The van der Waals surface area contributed by atoms with Gasteiger partial charge in [0.1, 0.15) is 30.2 Å². The van der Waals surface area contributed by atoms with Crippen molar-refractivity contribution in [2.75, 3.05) is 50.0 Å². The summed E-state index contributed by atoms with van der Waals surface area (Å²) in [6, 6.07) is 35.0. The second-order valence-electron chi connectivity index (χ2n) is 11.3. The van der Waals surface area contributed by atoms with E-state index >= 15 is 0 Å². The highest BCUT2D eigenvalue weighted by Crippen LogP contribution is 2.31. The van der Waals surface area contributed by atoms with Crippen molar-refractivity contribution >= 4 is 138 Å². The van der Waals surface area contributed by atoms with Crippen LogP contribution in [-0.2, 0) is 0 Å². The Kier molecular flexibility index (Phi) is 48.2. The zero-order valence-corrected chi connectivity index (χ0v) is 52.9. The molecule has 0 spiro atoms. The van der Waals surface area contributed by atoms with Gasteiger partial charge >= 0.3 is 0 Å². The molecular weight excluding hydrogens is 1010 g/mol. The molecule has 0 fully saturated rings. The predicted molar refractivity (Wildman–Crippen MR) is 336 cm³/mol. The lowest BCUT2D eigenvalue weighted by Gasteiger charge is -2.06. The fraction of sp³-hybridized carbons (Fsp3) is 0.393. The van der Waals surface area contributed by atoms with E-state index in [0.717, 1.165) is 57.7 Å². The van der Waals surface area contributed by atoms with Gasteiger partial charge in [-0.2, -0.15) is 0 Å². The average molecular weight is 1100 g/mol. The first-order valence-corrected chi connectivity index (χ1v) is 33.8. The van der Waals surface area contributed by atoms with Crippen molar-refractivity contribution in [3.8, 4) is 0 Å². The Morgan fingerprint density at radius 2 is 0.571 bits per heavy atom. The summed E-state index contributed by atoms with van der Waals surface area (Å²) >= 11 is 13.5. The Hall–Kier alpha value is -2.82. The standard InChI is InChI=1S/C14H12N2S2.C11H11NS2.C10H10N2S2.C7H9NS2.7C2H6/c1-17-13-14(18-2)16-12-8-10-6-4-3-5-9(10)7-11(12)15-13;1-13-10-7-8-5-3-4-6-9(8)12-11(10)14-2;1-13-9-10(14-2)12-8-6-4-3-5-7(8)11-9;1-9-6-4-3-5-8-7(6)10-2;7*1-2/h3-8H,1-2H3;3-7H,1-2H3;3-6H,1-2H3;3-5H,1-2H3;7*1-2H3. The van der Waals surface area contributed by atoms with E-state index in [-0.39, 0.29) is 0 Å². The number of nitrogens with zero attached hydrogens (tertiary/aromatic N) is 6. The number of aromatic nitrogens is 6.